The molecule has 0 aromatic heterocycles. The van der Waals surface area contributed by atoms with E-state index in [1.165, 1.54) is 38.1 Å². The first kappa shape index (κ1) is 27.7. The molecular weight excluding hydrogens is 507 g/mol. The molecule has 200 valence electrons. The van der Waals surface area contributed by atoms with Crippen molar-refractivity contribution in [3.8, 4) is 0 Å². The molecule has 2 aliphatic heterocycles. The molecule has 0 spiro atoms. The lowest BCUT2D eigenvalue weighted by Gasteiger charge is -2.14. The van der Waals surface area contributed by atoms with Crippen LogP contribution in [0.25, 0.3) is 0 Å². The van der Waals surface area contributed by atoms with E-state index in [2.05, 4.69) is 20.5 Å². The number of ketones is 1. The zero-order chi connectivity index (χ0) is 26.9. The number of aliphatic imine (C=N–C) groups is 1. The van der Waals surface area contributed by atoms with Crippen LogP contribution >= 0.6 is 11.6 Å². The van der Waals surface area contributed by atoms with Gasteiger partial charge in [-0.15, -0.1) is 0 Å². The number of Topliss-reactive ketones (excluding diaryl/α,β-unsaturated/α-hetero) is 1. The quantitative estimate of drug-likeness (QED) is 0.295. The summed E-state index contributed by atoms with van der Waals surface area (Å²) in [6.07, 6.45) is 7.58. The number of hydrogen-bond acceptors (Lipinski definition) is 5. The molecule has 4 rings (SSSR count). The summed E-state index contributed by atoms with van der Waals surface area (Å²) in [4.78, 5) is 44.6. The van der Waals surface area contributed by atoms with Gasteiger partial charge in [0, 0.05) is 36.9 Å². The number of unbranched alkanes of at least 4 members (excludes halogenated alkanes) is 2. The molecule has 2 N–H and O–H groups in total. The highest BCUT2D eigenvalue weighted by molar-refractivity contribution is 6.34. The summed E-state index contributed by atoms with van der Waals surface area (Å²) in [7, 11) is 0. The van der Waals surface area contributed by atoms with Crippen molar-refractivity contribution < 1.29 is 18.8 Å². The van der Waals surface area contributed by atoms with Gasteiger partial charge in [-0.2, -0.15) is 0 Å². The van der Waals surface area contributed by atoms with Gasteiger partial charge in [0.05, 0.1) is 10.6 Å². The fourth-order valence-electron chi connectivity index (χ4n) is 4.64. The Morgan fingerprint density at radius 2 is 1.74 bits per heavy atom. The number of carbonyl (C=O) groups is 3. The van der Waals surface area contributed by atoms with Crippen molar-refractivity contribution in [2.24, 2.45) is 4.99 Å². The Kier molecular flexibility index (Phi) is 9.79. The third kappa shape index (κ3) is 7.58. The van der Waals surface area contributed by atoms with E-state index in [-0.39, 0.29) is 46.7 Å². The minimum atomic E-state index is -0.502. The fourth-order valence-corrected chi connectivity index (χ4v) is 4.91. The molecule has 2 aromatic carbocycles. The maximum absolute atomic E-state index is 13.2. The van der Waals surface area contributed by atoms with E-state index >= 15 is 0 Å². The molecule has 38 heavy (non-hydrogen) atoms. The Morgan fingerprint density at radius 1 is 0.974 bits per heavy atom. The van der Waals surface area contributed by atoms with Crippen LogP contribution in [0, 0.1) is 5.82 Å². The molecule has 1 fully saturated rings. The normalized spacial score (nSPS) is 15.2. The number of amides is 2. The van der Waals surface area contributed by atoms with Gasteiger partial charge in [-0.25, -0.2) is 4.39 Å². The molecule has 0 atom stereocenters. The van der Waals surface area contributed by atoms with Gasteiger partial charge in [0.25, 0.3) is 11.8 Å². The first-order chi connectivity index (χ1) is 18.4. The number of carbonyl (C=O) groups excluding carboxylic acids is 3. The van der Waals surface area contributed by atoms with Crippen LogP contribution in [0.1, 0.15) is 54.4 Å². The molecule has 9 heteroatoms. The molecule has 0 radical (unpaired) electrons. The predicted octanol–water partition coefficient (Wildman–Crippen LogP) is 4.95. The van der Waals surface area contributed by atoms with E-state index in [9.17, 15) is 18.8 Å². The highest BCUT2D eigenvalue weighted by atomic mass is 35.5. The maximum Gasteiger partial charge on any atom is 0.270 e. The molecule has 1 saturated heterocycles. The van der Waals surface area contributed by atoms with E-state index in [0.29, 0.717) is 17.8 Å². The van der Waals surface area contributed by atoms with Crippen molar-refractivity contribution >= 4 is 41.1 Å². The number of likely N-dealkylation sites (tertiary alicyclic amines) is 1. The Labute approximate surface area is 227 Å². The van der Waals surface area contributed by atoms with E-state index in [1.807, 2.05) is 0 Å². The Balaban J connectivity index is 1.24. The third-order valence-corrected chi connectivity index (χ3v) is 7.05. The van der Waals surface area contributed by atoms with Crippen molar-refractivity contribution in [2.45, 2.75) is 44.9 Å². The molecule has 7 nitrogen and oxygen atoms in total. The van der Waals surface area contributed by atoms with Crippen LogP contribution in [0.15, 0.2) is 58.7 Å². The van der Waals surface area contributed by atoms with E-state index < -0.39 is 5.82 Å². The molecular formula is C29H32ClFN4O3. The van der Waals surface area contributed by atoms with Gasteiger partial charge in [0.2, 0.25) is 0 Å². The smallest absolute Gasteiger partial charge is 0.270 e. The summed E-state index contributed by atoms with van der Waals surface area (Å²) >= 11 is 5.99. The van der Waals surface area contributed by atoms with Gasteiger partial charge in [0.15, 0.2) is 5.78 Å². The SMILES string of the molecule is O=C(Nc1ccc(CC(=O)c2ccc(F)cc2Cl)cc1)C1=C(C(=O)NCCCCCN2CCCC2)N=CC1. The van der Waals surface area contributed by atoms with Crippen LogP contribution in [0.2, 0.25) is 5.02 Å². The lowest BCUT2D eigenvalue weighted by atomic mass is 10.0. The summed E-state index contributed by atoms with van der Waals surface area (Å²) in [5.74, 6) is -1.46. The van der Waals surface area contributed by atoms with Crippen LogP contribution in [0.3, 0.4) is 0 Å². The minimum absolute atomic E-state index is 0.0725. The summed E-state index contributed by atoms with van der Waals surface area (Å²) < 4.78 is 13.2. The molecule has 2 aromatic rings. The van der Waals surface area contributed by atoms with Gasteiger partial charge in [-0.3, -0.25) is 19.4 Å². The van der Waals surface area contributed by atoms with Crippen molar-refractivity contribution in [1.29, 1.82) is 0 Å². The van der Waals surface area contributed by atoms with Gasteiger partial charge in [0.1, 0.15) is 11.5 Å². The zero-order valence-electron chi connectivity index (χ0n) is 21.3. The first-order valence-corrected chi connectivity index (χ1v) is 13.4. The van der Waals surface area contributed by atoms with Crippen molar-refractivity contribution in [2.75, 3.05) is 31.5 Å². The van der Waals surface area contributed by atoms with E-state index in [0.717, 1.165) is 37.4 Å². The van der Waals surface area contributed by atoms with E-state index in [1.54, 1.807) is 30.5 Å². The van der Waals surface area contributed by atoms with Crippen LogP contribution in [0.5, 0.6) is 0 Å². The monoisotopic (exact) mass is 538 g/mol. The third-order valence-electron chi connectivity index (χ3n) is 6.73. The minimum Gasteiger partial charge on any atom is -0.351 e. The van der Waals surface area contributed by atoms with Crippen LogP contribution in [-0.2, 0) is 16.0 Å². The molecule has 0 bridgehead atoms. The summed E-state index contributed by atoms with van der Waals surface area (Å²) in [6, 6.07) is 10.5. The highest BCUT2D eigenvalue weighted by Gasteiger charge is 2.23. The van der Waals surface area contributed by atoms with Crippen LogP contribution < -0.4 is 10.6 Å². The van der Waals surface area contributed by atoms with Gasteiger partial charge < -0.3 is 15.5 Å². The number of benzene rings is 2. The summed E-state index contributed by atoms with van der Waals surface area (Å²) in [6.45, 7) is 4.07. The zero-order valence-corrected chi connectivity index (χ0v) is 22.0. The van der Waals surface area contributed by atoms with Crippen molar-refractivity contribution in [1.82, 2.24) is 10.2 Å². The van der Waals surface area contributed by atoms with Crippen LogP contribution in [0.4, 0.5) is 10.1 Å². The molecule has 0 aliphatic carbocycles. The standard InChI is InChI=1S/C29H32ClFN4O3/c30-25-19-21(31)8-11-23(25)26(36)18-20-6-9-22(10-7-20)34-28(37)24-12-14-32-27(24)29(38)33-13-2-1-3-15-35-16-4-5-17-35/h6-11,14,19H,1-5,12-13,15-18H2,(H,33,38)(H,34,37). The maximum atomic E-state index is 13.2. The summed E-state index contributed by atoms with van der Waals surface area (Å²) in [5, 5.41) is 5.75. The first-order valence-electron chi connectivity index (χ1n) is 13.1. The Hall–Kier alpha value is -3.36. The number of halogens is 2. The average Bonchev–Trinajstić information content (AvgIpc) is 3.59. The number of rotatable bonds is 12. The lowest BCUT2D eigenvalue weighted by molar-refractivity contribution is -0.118. The fraction of sp³-hybridized carbons (Fsp3) is 0.379. The van der Waals surface area contributed by atoms with Crippen LogP contribution in [-0.4, -0.2) is 54.9 Å². The molecule has 0 saturated carbocycles. The Morgan fingerprint density at radius 3 is 2.47 bits per heavy atom. The predicted molar refractivity (Wildman–Crippen MR) is 147 cm³/mol. The van der Waals surface area contributed by atoms with E-state index in [4.69, 9.17) is 11.6 Å². The van der Waals surface area contributed by atoms with Gasteiger partial charge in [-0.05, 0) is 81.2 Å². The van der Waals surface area contributed by atoms with Crippen molar-refractivity contribution in [3.05, 3.63) is 75.7 Å². The summed E-state index contributed by atoms with van der Waals surface area (Å²) in [5.41, 5.74) is 1.98. The molecule has 2 aliphatic rings. The largest absolute Gasteiger partial charge is 0.351 e. The second-order valence-electron chi connectivity index (χ2n) is 9.58. The Bertz CT molecular complexity index is 1240. The number of nitrogens with one attached hydrogen (secondary N) is 2. The second kappa shape index (κ2) is 13.4. The van der Waals surface area contributed by atoms with Gasteiger partial charge >= 0.3 is 0 Å². The number of nitrogens with zero attached hydrogens (tertiary/aromatic N) is 2. The molecule has 2 amide bonds. The second-order valence-corrected chi connectivity index (χ2v) is 9.99. The molecule has 2 heterocycles. The number of anilines is 1. The van der Waals surface area contributed by atoms with Crippen molar-refractivity contribution in [3.63, 3.8) is 0 Å². The average molecular weight is 539 g/mol. The number of hydrogen-bond donors (Lipinski definition) is 2. The lowest BCUT2D eigenvalue weighted by Crippen LogP contribution is -2.27. The van der Waals surface area contributed by atoms with Gasteiger partial charge in [-0.1, -0.05) is 30.2 Å². The topological polar surface area (TPSA) is 90.9 Å². The molecule has 0 unspecified atom stereocenters. The highest BCUT2D eigenvalue weighted by Crippen LogP contribution is 2.22.